The van der Waals surface area contributed by atoms with Crippen LogP contribution in [0.2, 0.25) is 0 Å². The first-order valence-electron chi connectivity index (χ1n) is 6.81. The Morgan fingerprint density at radius 1 is 1.21 bits per heavy atom. The van der Waals surface area contributed by atoms with E-state index >= 15 is 0 Å². The lowest BCUT2D eigenvalue weighted by molar-refractivity contribution is -0.138. The van der Waals surface area contributed by atoms with E-state index in [-0.39, 0.29) is 5.91 Å². The highest BCUT2D eigenvalue weighted by atomic mass is 16.5. The molecule has 1 aliphatic rings. The fraction of sp³-hybridized carbons (Fsp3) is 0.533. The number of nitrogens with zero attached hydrogens (tertiary/aromatic N) is 1. The number of benzene rings is 1. The van der Waals surface area contributed by atoms with E-state index in [4.69, 9.17) is 4.74 Å². The summed E-state index contributed by atoms with van der Waals surface area (Å²) in [6, 6.07) is 6.03. The van der Waals surface area contributed by atoms with Crippen molar-refractivity contribution in [2.45, 2.75) is 26.9 Å². The van der Waals surface area contributed by atoms with Crippen LogP contribution in [0.3, 0.4) is 0 Å². The van der Waals surface area contributed by atoms with Gasteiger partial charge in [-0.2, -0.15) is 0 Å². The number of rotatable bonds is 3. The van der Waals surface area contributed by atoms with Crippen LogP contribution >= 0.6 is 0 Å². The predicted molar refractivity (Wildman–Crippen MR) is 75.5 cm³/mol. The molecule has 0 radical (unpaired) electrons. The maximum absolute atomic E-state index is 12.2. The standard InChI is InChI=1S/C15H22N2O2/c1-11-8-12(2)10-14(9-11)19-13(3)15(18)17-6-4-16-5-7-17/h8-10,13,16H,4-7H2,1-3H3. The minimum absolute atomic E-state index is 0.0701. The molecule has 1 fully saturated rings. The summed E-state index contributed by atoms with van der Waals surface area (Å²) in [7, 11) is 0. The number of hydrogen-bond donors (Lipinski definition) is 1. The Labute approximate surface area is 114 Å². The molecular formula is C15H22N2O2. The Bertz CT molecular complexity index is 433. The van der Waals surface area contributed by atoms with E-state index in [1.807, 2.05) is 37.8 Å². The molecule has 104 valence electrons. The van der Waals surface area contributed by atoms with Crippen LogP contribution in [0.4, 0.5) is 0 Å². The number of hydrogen-bond acceptors (Lipinski definition) is 3. The number of carbonyl (C=O) groups is 1. The molecule has 1 aliphatic heterocycles. The molecule has 4 nitrogen and oxygen atoms in total. The van der Waals surface area contributed by atoms with Crippen molar-refractivity contribution in [2.24, 2.45) is 0 Å². The number of carbonyl (C=O) groups excluding carboxylic acids is 1. The number of amides is 1. The summed E-state index contributed by atoms with van der Waals surface area (Å²) in [6.45, 7) is 9.14. The lowest BCUT2D eigenvalue weighted by Crippen LogP contribution is -2.50. The van der Waals surface area contributed by atoms with Gasteiger partial charge in [-0.3, -0.25) is 4.79 Å². The molecule has 1 saturated heterocycles. The molecule has 1 atom stereocenters. The van der Waals surface area contributed by atoms with Crippen LogP contribution in [-0.2, 0) is 4.79 Å². The van der Waals surface area contributed by atoms with Gasteiger partial charge in [0.1, 0.15) is 5.75 Å². The Kier molecular flexibility index (Phi) is 4.43. The van der Waals surface area contributed by atoms with Gasteiger partial charge in [0, 0.05) is 26.2 Å². The molecular weight excluding hydrogens is 240 g/mol. The van der Waals surface area contributed by atoms with Gasteiger partial charge in [-0.25, -0.2) is 0 Å². The molecule has 0 aromatic heterocycles. The molecule has 19 heavy (non-hydrogen) atoms. The molecule has 0 aliphatic carbocycles. The third-order valence-electron chi connectivity index (χ3n) is 3.28. The van der Waals surface area contributed by atoms with E-state index in [1.54, 1.807) is 0 Å². The minimum atomic E-state index is -0.431. The van der Waals surface area contributed by atoms with Gasteiger partial charge in [0.2, 0.25) is 0 Å². The minimum Gasteiger partial charge on any atom is -0.481 e. The molecule has 4 heteroatoms. The van der Waals surface area contributed by atoms with Gasteiger partial charge >= 0.3 is 0 Å². The van der Waals surface area contributed by atoms with Crippen molar-refractivity contribution in [3.05, 3.63) is 29.3 Å². The number of ether oxygens (including phenoxy) is 1. The molecule has 0 spiro atoms. The fourth-order valence-electron chi connectivity index (χ4n) is 2.40. The average molecular weight is 262 g/mol. The number of aryl methyl sites for hydroxylation is 2. The Balaban J connectivity index is 1.99. The van der Waals surface area contributed by atoms with Gasteiger partial charge in [0.25, 0.3) is 5.91 Å². The summed E-state index contributed by atoms with van der Waals surface area (Å²) in [5.41, 5.74) is 2.30. The van der Waals surface area contributed by atoms with Crippen LogP contribution in [0.25, 0.3) is 0 Å². The monoisotopic (exact) mass is 262 g/mol. The zero-order valence-electron chi connectivity index (χ0n) is 11.9. The Morgan fingerprint density at radius 2 is 1.79 bits per heavy atom. The summed E-state index contributed by atoms with van der Waals surface area (Å²) in [5, 5.41) is 3.24. The van der Waals surface area contributed by atoms with Crippen LogP contribution in [-0.4, -0.2) is 43.1 Å². The molecule has 0 saturated carbocycles. The molecule has 1 unspecified atom stereocenters. The van der Waals surface area contributed by atoms with Gasteiger partial charge < -0.3 is 15.0 Å². The Morgan fingerprint density at radius 3 is 2.37 bits per heavy atom. The van der Waals surface area contributed by atoms with Gasteiger partial charge in [0.15, 0.2) is 6.10 Å². The van der Waals surface area contributed by atoms with Crippen molar-refractivity contribution in [1.29, 1.82) is 0 Å². The van der Waals surface area contributed by atoms with Gasteiger partial charge in [-0.05, 0) is 44.0 Å². The van der Waals surface area contributed by atoms with Crippen molar-refractivity contribution in [3.8, 4) is 5.75 Å². The van der Waals surface area contributed by atoms with Crippen molar-refractivity contribution in [3.63, 3.8) is 0 Å². The van der Waals surface area contributed by atoms with Crippen molar-refractivity contribution >= 4 is 5.91 Å². The highest BCUT2D eigenvalue weighted by molar-refractivity contribution is 5.81. The third-order valence-corrected chi connectivity index (χ3v) is 3.28. The van der Waals surface area contributed by atoms with Gasteiger partial charge in [-0.1, -0.05) is 6.07 Å². The molecule has 1 N–H and O–H groups in total. The zero-order chi connectivity index (χ0) is 13.8. The molecule has 1 heterocycles. The normalized spacial score (nSPS) is 17.1. The van der Waals surface area contributed by atoms with Crippen molar-refractivity contribution in [2.75, 3.05) is 26.2 Å². The summed E-state index contributed by atoms with van der Waals surface area (Å²) in [5.74, 6) is 0.842. The number of piperazine rings is 1. The third kappa shape index (κ3) is 3.70. The highest BCUT2D eigenvalue weighted by Gasteiger charge is 2.23. The van der Waals surface area contributed by atoms with E-state index in [0.717, 1.165) is 43.1 Å². The topological polar surface area (TPSA) is 41.6 Å². The van der Waals surface area contributed by atoms with E-state index < -0.39 is 6.10 Å². The lowest BCUT2D eigenvalue weighted by Gasteiger charge is -2.29. The van der Waals surface area contributed by atoms with Crippen LogP contribution in [0.5, 0.6) is 5.75 Å². The van der Waals surface area contributed by atoms with E-state index in [2.05, 4.69) is 11.4 Å². The first kappa shape index (κ1) is 13.9. The lowest BCUT2D eigenvalue weighted by atomic mass is 10.1. The van der Waals surface area contributed by atoms with Crippen molar-refractivity contribution < 1.29 is 9.53 Å². The van der Waals surface area contributed by atoms with Crippen LogP contribution < -0.4 is 10.1 Å². The molecule has 1 amide bonds. The largest absolute Gasteiger partial charge is 0.481 e. The van der Waals surface area contributed by atoms with E-state index in [1.165, 1.54) is 0 Å². The zero-order valence-corrected chi connectivity index (χ0v) is 11.9. The first-order chi connectivity index (χ1) is 9.06. The summed E-state index contributed by atoms with van der Waals surface area (Å²) < 4.78 is 5.78. The van der Waals surface area contributed by atoms with Crippen LogP contribution in [0.15, 0.2) is 18.2 Å². The molecule has 1 aromatic rings. The van der Waals surface area contributed by atoms with E-state index in [0.29, 0.717) is 0 Å². The van der Waals surface area contributed by atoms with Crippen molar-refractivity contribution in [1.82, 2.24) is 10.2 Å². The summed E-state index contributed by atoms with van der Waals surface area (Å²) in [4.78, 5) is 14.1. The molecule has 2 rings (SSSR count). The second-order valence-corrected chi connectivity index (χ2v) is 5.16. The Hall–Kier alpha value is -1.55. The summed E-state index contributed by atoms with van der Waals surface area (Å²) in [6.07, 6.45) is -0.431. The van der Waals surface area contributed by atoms with Crippen LogP contribution in [0.1, 0.15) is 18.1 Å². The second-order valence-electron chi connectivity index (χ2n) is 5.16. The first-order valence-corrected chi connectivity index (χ1v) is 6.81. The van der Waals surface area contributed by atoms with Gasteiger partial charge in [-0.15, -0.1) is 0 Å². The number of nitrogens with one attached hydrogen (secondary N) is 1. The average Bonchev–Trinajstić information content (AvgIpc) is 2.37. The predicted octanol–water partition coefficient (Wildman–Crippen LogP) is 1.50. The maximum Gasteiger partial charge on any atom is 0.263 e. The maximum atomic E-state index is 12.2. The van der Waals surface area contributed by atoms with E-state index in [9.17, 15) is 4.79 Å². The SMILES string of the molecule is Cc1cc(C)cc(OC(C)C(=O)N2CCNCC2)c1. The quantitative estimate of drug-likeness (QED) is 0.897. The molecule has 0 bridgehead atoms. The molecule has 1 aromatic carbocycles. The summed E-state index contributed by atoms with van der Waals surface area (Å²) >= 11 is 0. The smallest absolute Gasteiger partial charge is 0.263 e. The fourth-order valence-corrected chi connectivity index (χ4v) is 2.40. The highest BCUT2D eigenvalue weighted by Crippen LogP contribution is 2.18. The van der Waals surface area contributed by atoms with Crippen LogP contribution in [0, 0.1) is 13.8 Å². The van der Waals surface area contributed by atoms with Gasteiger partial charge in [0.05, 0.1) is 0 Å². The second kappa shape index (κ2) is 6.06.